The molecule has 3 aromatic heterocycles. The van der Waals surface area contributed by atoms with Gasteiger partial charge in [0, 0.05) is 30.4 Å². The molecule has 0 fully saturated rings. The minimum Gasteiger partial charge on any atom is -0.493 e. The molecule has 4 aromatic rings. The number of carbonyl (C=O) groups is 1. The van der Waals surface area contributed by atoms with E-state index >= 15 is 0 Å². The molecule has 34 heavy (non-hydrogen) atoms. The highest BCUT2D eigenvalue weighted by molar-refractivity contribution is 7.90. The van der Waals surface area contributed by atoms with Crippen LogP contribution in [0, 0.1) is 6.92 Å². The Balaban J connectivity index is 1.41. The summed E-state index contributed by atoms with van der Waals surface area (Å²) in [6.45, 7) is 3.32. The Labute approximate surface area is 202 Å². The third-order valence-corrected chi connectivity index (χ3v) is 7.31. The Bertz CT molecular complexity index is 1410. The normalized spacial score (nSPS) is 11.6. The van der Waals surface area contributed by atoms with E-state index in [2.05, 4.69) is 10.1 Å². The lowest BCUT2D eigenvalue weighted by molar-refractivity contribution is 0.0789. The number of rotatable bonds is 9. The van der Waals surface area contributed by atoms with Gasteiger partial charge < -0.3 is 9.64 Å². The van der Waals surface area contributed by atoms with E-state index in [0.29, 0.717) is 43.1 Å². The molecule has 0 spiro atoms. The second-order valence-electron chi connectivity index (χ2n) is 8.11. The fourth-order valence-electron chi connectivity index (χ4n) is 3.61. The topological polar surface area (TPSA) is 94.4 Å². The van der Waals surface area contributed by atoms with Gasteiger partial charge >= 0.3 is 0 Å². The van der Waals surface area contributed by atoms with Crippen LogP contribution >= 0.6 is 11.3 Å². The number of pyridine rings is 1. The molecule has 0 saturated heterocycles. The number of aromatic nitrogens is 3. The molecule has 1 aromatic carbocycles. The maximum absolute atomic E-state index is 13.2. The molecule has 8 nitrogen and oxygen atoms in total. The molecule has 3 heterocycles. The lowest BCUT2D eigenvalue weighted by Crippen LogP contribution is -2.29. The molecule has 0 aliphatic carbocycles. The van der Waals surface area contributed by atoms with Gasteiger partial charge in [0.2, 0.25) is 0 Å². The molecule has 0 unspecified atom stereocenters. The number of nitrogens with zero attached hydrogens (tertiary/aromatic N) is 4. The first-order valence-corrected chi connectivity index (χ1v) is 13.5. The van der Waals surface area contributed by atoms with E-state index in [1.807, 2.05) is 29.1 Å². The first-order valence-electron chi connectivity index (χ1n) is 10.8. The zero-order chi connectivity index (χ0) is 24.3. The van der Waals surface area contributed by atoms with Crippen LogP contribution in [-0.2, 0) is 16.4 Å². The number of hydrogen-bond donors (Lipinski definition) is 0. The van der Waals surface area contributed by atoms with Gasteiger partial charge in [0.05, 0.1) is 35.2 Å². The highest BCUT2D eigenvalue weighted by Gasteiger charge is 2.19. The SMILES string of the molecule is Cc1cc(C(=O)N(C)CCCOc2cccc(S(C)(=O)=O)c2)c2cnn(Cc3cccs3)c2n1. The van der Waals surface area contributed by atoms with Gasteiger partial charge in [-0.2, -0.15) is 5.10 Å². The molecule has 178 valence electrons. The first-order chi connectivity index (χ1) is 16.2. The van der Waals surface area contributed by atoms with Gasteiger partial charge in [-0.1, -0.05) is 12.1 Å². The molecule has 0 N–H and O–H groups in total. The van der Waals surface area contributed by atoms with Crippen LogP contribution in [0.1, 0.15) is 27.3 Å². The van der Waals surface area contributed by atoms with E-state index in [-0.39, 0.29) is 10.8 Å². The van der Waals surface area contributed by atoms with Crippen molar-refractivity contribution in [3.05, 3.63) is 70.2 Å². The molecule has 0 saturated carbocycles. The molecular weight excluding hydrogens is 472 g/mol. The Morgan fingerprint density at radius 3 is 2.76 bits per heavy atom. The molecule has 1 amide bonds. The average Bonchev–Trinajstić information content (AvgIpc) is 3.46. The number of fused-ring (bicyclic) bond motifs is 1. The lowest BCUT2D eigenvalue weighted by Gasteiger charge is -2.18. The van der Waals surface area contributed by atoms with E-state index in [1.165, 1.54) is 17.0 Å². The van der Waals surface area contributed by atoms with Gasteiger partial charge in [0.15, 0.2) is 15.5 Å². The molecule has 10 heteroatoms. The molecule has 0 radical (unpaired) electrons. The summed E-state index contributed by atoms with van der Waals surface area (Å²) in [5, 5.41) is 7.23. The van der Waals surface area contributed by atoms with Gasteiger partial charge in [-0.05, 0) is 49.1 Å². The van der Waals surface area contributed by atoms with Gasteiger partial charge in [0.25, 0.3) is 5.91 Å². The third-order valence-electron chi connectivity index (χ3n) is 5.34. The van der Waals surface area contributed by atoms with Crippen molar-refractivity contribution in [1.82, 2.24) is 19.7 Å². The number of aryl methyl sites for hydroxylation is 1. The van der Waals surface area contributed by atoms with Crippen molar-refractivity contribution in [2.24, 2.45) is 0 Å². The summed E-state index contributed by atoms with van der Waals surface area (Å²) < 4.78 is 30.9. The van der Waals surface area contributed by atoms with E-state index in [9.17, 15) is 13.2 Å². The Morgan fingerprint density at radius 2 is 2.03 bits per heavy atom. The summed E-state index contributed by atoms with van der Waals surface area (Å²) in [5.74, 6) is 0.381. The Hall–Kier alpha value is -3.24. The number of ether oxygens (including phenoxy) is 1. The average molecular weight is 499 g/mol. The molecule has 0 atom stereocenters. The van der Waals surface area contributed by atoms with Crippen LogP contribution in [-0.4, -0.2) is 60.4 Å². The number of sulfone groups is 1. The van der Waals surface area contributed by atoms with Crippen molar-refractivity contribution in [1.29, 1.82) is 0 Å². The van der Waals surface area contributed by atoms with Crippen molar-refractivity contribution in [2.75, 3.05) is 26.5 Å². The molecule has 0 aliphatic rings. The summed E-state index contributed by atoms with van der Waals surface area (Å²) in [5.41, 5.74) is 2.02. The van der Waals surface area contributed by atoms with Crippen molar-refractivity contribution < 1.29 is 17.9 Å². The fourth-order valence-corrected chi connectivity index (χ4v) is 4.95. The summed E-state index contributed by atoms with van der Waals surface area (Å²) in [7, 11) is -1.54. The number of hydrogen-bond acceptors (Lipinski definition) is 7. The molecule has 0 bridgehead atoms. The zero-order valence-corrected chi connectivity index (χ0v) is 20.9. The van der Waals surface area contributed by atoms with Crippen LogP contribution in [0.5, 0.6) is 5.75 Å². The smallest absolute Gasteiger partial charge is 0.254 e. The summed E-state index contributed by atoms with van der Waals surface area (Å²) in [6.07, 6.45) is 3.46. The minimum atomic E-state index is -3.29. The van der Waals surface area contributed by atoms with Gasteiger partial charge in [-0.15, -0.1) is 11.3 Å². The fraction of sp³-hybridized carbons (Fsp3) is 0.292. The second-order valence-corrected chi connectivity index (χ2v) is 11.2. The van der Waals surface area contributed by atoms with Crippen molar-refractivity contribution in [3.8, 4) is 5.75 Å². The molecule has 4 rings (SSSR count). The number of amides is 1. The molecule has 0 aliphatic heterocycles. The van der Waals surface area contributed by atoms with E-state index in [0.717, 1.165) is 17.3 Å². The summed E-state index contributed by atoms with van der Waals surface area (Å²) >= 11 is 1.66. The van der Waals surface area contributed by atoms with Crippen LogP contribution in [0.4, 0.5) is 0 Å². The Morgan fingerprint density at radius 1 is 1.21 bits per heavy atom. The van der Waals surface area contributed by atoms with E-state index in [4.69, 9.17) is 4.74 Å². The standard InChI is InChI=1S/C24H26N4O4S2/c1-17-13-21(22-15-25-28(23(22)26-17)16-19-8-5-12-33-19)24(29)27(2)10-6-11-32-18-7-4-9-20(14-18)34(3,30)31/h4-5,7-9,12-15H,6,10-11,16H2,1-3H3. The minimum absolute atomic E-state index is 0.106. The first kappa shape index (κ1) is 23.9. The molecular formula is C24H26N4O4S2. The number of thiophene rings is 1. The van der Waals surface area contributed by atoms with Gasteiger partial charge in [0.1, 0.15) is 5.75 Å². The summed E-state index contributed by atoms with van der Waals surface area (Å²) in [4.78, 5) is 20.9. The maximum Gasteiger partial charge on any atom is 0.254 e. The predicted octanol–water partition coefficient (Wildman–Crippen LogP) is 3.79. The summed E-state index contributed by atoms with van der Waals surface area (Å²) in [6, 6.07) is 12.3. The Kier molecular flexibility index (Phi) is 6.99. The second kappa shape index (κ2) is 9.94. The van der Waals surface area contributed by atoms with Crippen molar-refractivity contribution in [3.63, 3.8) is 0 Å². The monoisotopic (exact) mass is 498 g/mol. The van der Waals surface area contributed by atoms with E-state index < -0.39 is 9.84 Å². The highest BCUT2D eigenvalue weighted by Crippen LogP contribution is 2.22. The van der Waals surface area contributed by atoms with Crippen LogP contribution in [0.15, 0.2) is 58.9 Å². The van der Waals surface area contributed by atoms with E-state index in [1.54, 1.807) is 47.7 Å². The highest BCUT2D eigenvalue weighted by atomic mass is 32.2. The lowest BCUT2D eigenvalue weighted by atomic mass is 10.1. The number of benzene rings is 1. The quantitative estimate of drug-likeness (QED) is 0.326. The van der Waals surface area contributed by atoms with Crippen LogP contribution in [0.25, 0.3) is 11.0 Å². The largest absolute Gasteiger partial charge is 0.493 e. The van der Waals surface area contributed by atoms with Crippen LogP contribution in [0.3, 0.4) is 0 Å². The van der Waals surface area contributed by atoms with Crippen molar-refractivity contribution >= 4 is 38.1 Å². The third kappa shape index (κ3) is 5.45. The predicted molar refractivity (Wildman–Crippen MR) is 132 cm³/mol. The maximum atomic E-state index is 13.2. The van der Waals surface area contributed by atoms with Gasteiger partial charge in [-0.3, -0.25) is 4.79 Å². The van der Waals surface area contributed by atoms with Crippen LogP contribution in [0.2, 0.25) is 0 Å². The van der Waals surface area contributed by atoms with Gasteiger partial charge in [-0.25, -0.2) is 18.1 Å². The van der Waals surface area contributed by atoms with Crippen LogP contribution < -0.4 is 4.74 Å². The number of carbonyl (C=O) groups excluding carboxylic acids is 1. The zero-order valence-electron chi connectivity index (χ0n) is 19.3. The van der Waals surface area contributed by atoms with Crippen molar-refractivity contribution in [2.45, 2.75) is 24.8 Å².